The molecule has 0 amide bonds. The maximum Gasteiger partial charge on any atom is 0.384 e. The summed E-state index contributed by atoms with van der Waals surface area (Å²) < 4.78 is 9.53. The molecule has 0 radical (unpaired) electrons. The van der Waals surface area contributed by atoms with Gasteiger partial charge in [-0.15, -0.1) is 0 Å². The van der Waals surface area contributed by atoms with Crippen LogP contribution in [0, 0.1) is 17.0 Å². The number of hydrogen-bond acceptors (Lipinski definition) is 6. The normalized spacial score (nSPS) is 10.4. The molecule has 0 spiro atoms. The fraction of sp³-hybridized carbons (Fsp3) is 0.286. The zero-order chi connectivity index (χ0) is 15.4. The molecule has 0 unspecified atom stereocenters. The van der Waals surface area contributed by atoms with Gasteiger partial charge in [0.2, 0.25) is 0 Å². The summed E-state index contributed by atoms with van der Waals surface area (Å²) in [7, 11) is 0. The SMILES string of the molecule is CCOC(=O)c1onc(Cc2cccc(C)c2)c1[N+](=O)[O-]. The van der Waals surface area contributed by atoms with E-state index in [1.165, 1.54) is 0 Å². The molecular formula is C14H14N2O5. The van der Waals surface area contributed by atoms with Gasteiger partial charge < -0.3 is 9.26 Å². The Kier molecular flexibility index (Phi) is 4.32. The number of hydrogen-bond donors (Lipinski definition) is 0. The van der Waals surface area contributed by atoms with Crippen molar-refractivity contribution < 1.29 is 19.0 Å². The molecule has 110 valence electrons. The second kappa shape index (κ2) is 6.17. The van der Waals surface area contributed by atoms with Crippen LogP contribution in [-0.4, -0.2) is 22.7 Å². The molecule has 7 heteroatoms. The van der Waals surface area contributed by atoms with Gasteiger partial charge in [-0.1, -0.05) is 35.0 Å². The summed E-state index contributed by atoms with van der Waals surface area (Å²) >= 11 is 0. The molecule has 0 aliphatic carbocycles. The number of esters is 1. The Hall–Kier alpha value is -2.70. The largest absolute Gasteiger partial charge is 0.460 e. The first-order valence-electron chi connectivity index (χ1n) is 6.38. The first-order valence-corrected chi connectivity index (χ1v) is 6.38. The molecule has 0 fully saturated rings. The maximum atomic E-state index is 11.6. The van der Waals surface area contributed by atoms with Crippen LogP contribution in [0.15, 0.2) is 28.8 Å². The van der Waals surface area contributed by atoms with Crippen molar-refractivity contribution >= 4 is 11.7 Å². The average Bonchev–Trinajstić information content (AvgIpc) is 2.83. The van der Waals surface area contributed by atoms with Gasteiger partial charge in [-0.25, -0.2) is 4.79 Å². The van der Waals surface area contributed by atoms with E-state index in [1.807, 2.05) is 31.2 Å². The summed E-state index contributed by atoms with van der Waals surface area (Å²) in [5.41, 5.74) is 1.55. The molecular weight excluding hydrogens is 276 g/mol. The summed E-state index contributed by atoms with van der Waals surface area (Å²) in [5, 5.41) is 14.8. The predicted molar refractivity (Wildman–Crippen MR) is 73.1 cm³/mol. The van der Waals surface area contributed by atoms with Crippen molar-refractivity contribution in [1.82, 2.24) is 5.16 Å². The quantitative estimate of drug-likeness (QED) is 0.477. The molecule has 0 atom stereocenters. The minimum atomic E-state index is -0.882. The van der Waals surface area contributed by atoms with E-state index < -0.39 is 22.3 Å². The van der Waals surface area contributed by atoms with E-state index in [0.29, 0.717) is 0 Å². The van der Waals surface area contributed by atoms with E-state index in [1.54, 1.807) is 6.92 Å². The van der Waals surface area contributed by atoms with E-state index in [4.69, 9.17) is 9.26 Å². The number of nitrogens with zero attached hydrogens (tertiary/aromatic N) is 2. The van der Waals surface area contributed by atoms with Crippen molar-refractivity contribution in [2.75, 3.05) is 6.61 Å². The van der Waals surface area contributed by atoms with E-state index in [2.05, 4.69) is 5.16 Å². The lowest BCUT2D eigenvalue weighted by atomic mass is 10.1. The van der Waals surface area contributed by atoms with E-state index in [0.717, 1.165) is 11.1 Å². The summed E-state index contributed by atoms with van der Waals surface area (Å²) in [6, 6.07) is 7.49. The highest BCUT2D eigenvalue weighted by Gasteiger charge is 2.32. The number of aryl methyl sites for hydroxylation is 1. The smallest absolute Gasteiger partial charge is 0.384 e. The van der Waals surface area contributed by atoms with Crippen LogP contribution in [0.1, 0.15) is 34.3 Å². The minimum absolute atomic E-state index is 0.101. The monoisotopic (exact) mass is 290 g/mol. The fourth-order valence-corrected chi connectivity index (χ4v) is 1.97. The Labute approximate surface area is 120 Å². The number of carbonyl (C=O) groups excluding carboxylic acids is 1. The second-order valence-electron chi connectivity index (χ2n) is 4.45. The number of ether oxygens (including phenoxy) is 1. The molecule has 2 rings (SSSR count). The van der Waals surface area contributed by atoms with E-state index in [9.17, 15) is 14.9 Å². The van der Waals surface area contributed by atoms with Crippen molar-refractivity contribution in [2.45, 2.75) is 20.3 Å². The third kappa shape index (κ3) is 3.25. The zero-order valence-electron chi connectivity index (χ0n) is 11.7. The van der Waals surface area contributed by atoms with Gasteiger partial charge >= 0.3 is 17.4 Å². The second-order valence-corrected chi connectivity index (χ2v) is 4.45. The predicted octanol–water partition coefficient (Wildman–Crippen LogP) is 2.66. The van der Waals surface area contributed by atoms with Crippen molar-refractivity contribution in [3.63, 3.8) is 0 Å². The lowest BCUT2D eigenvalue weighted by Gasteiger charge is -1.99. The van der Waals surface area contributed by atoms with Gasteiger partial charge in [0.15, 0.2) is 5.69 Å². The van der Waals surface area contributed by atoms with Crippen molar-refractivity contribution in [1.29, 1.82) is 0 Å². The summed E-state index contributed by atoms with van der Waals surface area (Å²) in [5.74, 6) is -1.35. The van der Waals surface area contributed by atoms with Crippen molar-refractivity contribution in [3.8, 4) is 0 Å². The molecule has 1 heterocycles. The lowest BCUT2D eigenvalue weighted by Crippen LogP contribution is -2.06. The number of benzene rings is 1. The number of nitro groups is 1. The van der Waals surface area contributed by atoms with Gasteiger partial charge in [0, 0.05) is 6.42 Å². The highest BCUT2D eigenvalue weighted by atomic mass is 16.6. The molecule has 0 saturated heterocycles. The Balaban J connectivity index is 2.36. The van der Waals surface area contributed by atoms with Crippen LogP contribution >= 0.6 is 0 Å². The molecule has 0 bridgehead atoms. The Morgan fingerprint density at radius 3 is 2.86 bits per heavy atom. The zero-order valence-corrected chi connectivity index (χ0v) is 11.7. The van der Waals surface area contributed by atoms with Crippen LogP contribution in [0.5, 0.6) is 0 Å². The highest BCUT2D eigenvalue weighted by Crippen LogP contribution is 2.26. The fourth-order valence-electron chi connectivity index (χ4n) is 1.97. The molecule has 0 N–H and O–H groups in total. The molecule has 21 heavy (non-hydrogen) atoms. The molecule has 1 aromatic carbocycles. The van der Waals surface area contributed by atoms with E-state index in [-0.39, 0.29) is 18.7 Å². The van der Waals surface area contributed by atoms with Crippen LogP contribution in [-0.2, 0) is 11.2 Å². The van der Waals surface area contributed by atoms with Crippen LogP contribution < -0.4 is 0 Å². The molecule has 0 aliphatic heterocycles. The minimum Gasteiger partial charge on any atom is -0.460 e. The third-order valence-electron chi connectivity index (χ3n) is 2.83. The van der Waals surface area contributed by atoms with Crippen molar-refractivity contribution in [3.05, 3.63) is 57.0 Å². The summed E-state index contributed by atoms with van der Waals surface area (Å²) in [6.07, 6.45) is 0.209. The van der Waals surface area contributed by atoms with Gasteiger partial charge in [0.25, 0.3) is 0 Å². The Morgan fingerprint density at radius 1 is 1.48 bits per heavy atom. The number of aromatic nitrogens is 1. The highest BCUT2D eigenvalue weighted by molar-refractivity contribution is 5.91. The first kappa shape index (κ1) is 14.7. The molecule has 0 saturated carbocycles. The van der Waals surface area contributed by atoms with Crippen LogP contribution in [0.3, 0.4) is 0 Å². The molecule has 0 aliphatic rings. The first-order chi connectivity index (χ1) is 10.0. The standard InChI is InChI=1S/C14H14N2O5/c1-3-20-14(17)13-12(16(18)19)11(15-21-13)8-10-6-4-5-9(2)7-10/h4-7H,3,8H2,1-2H3. The molecule has 1 aromatic heterocycles. The molecule has 7 nitrogen and oxygen atoms in total. The average molecular weight is 290 g/mol. The van der Waals surface area contributed by atoms with Gasteiger partial charge in [-0.2, -0.15) is 0 Å². The topological polar surface area (TPSA) is 95.5 Å². The summed E-state index contributed by atoms with van der Waals surface area (Å²) in [4.78, 5) is 22.1. The van der Waals surface area contributed by atoms with Gasteiger partial charge in [-0.3, -0.25) is 10.1 Å². The maximum absolute atomic E-state index is 11.6. The van der Waals surface area contributed by atoms with Crippen LogP contribution in [0.2, 0.25) is 0 Å². The summed E-state index contributed by atoms with van der Waals surface area (Å²) in [6.45, 7) is 3.63. The van der Waals surface area contributed by atoms with E-state index >= 15 is 0 Å². The lowest BCUT2D eigenvalue weighted by molar-refractivity contribution is -0.386. The molecule has 2 aromatic rings. The Bertz CT molecular complexity index is 678. The van der Waals surface area contributed by atoms with Crippen molar-refractivity contribution in [2.24, 2.45) is 0 Å². The number of carbonyl (C=O) groups is 1. The van der Waals surface area contributed by atoms with Gasteiger partial charge in [0.1, 0.15) is 0 Å². The van der Waals surface area contributed by atoms with Crippen LogP contribution in [0.4, 0.5) is 5.69 Å². The van der Waals surface area contributed by atoms with Gasteiger partial charge in [-0.05, 0) is 19.4 Å². The third-order valence-corrected chi connectivity index (χ3v) is 2.83. The number of rotatable bonds is 5. The Morgan fingerprint density at radius 2 is 2.24 bits per heavy atom. The van der Waals surface area contributed by atoms with Gasteiger partial charge in [0.05, 0.1) is 11.5 Å². The van der Waals surface area contributed by atoms with Crippen LogP contribution in [0.25, 0.3) is 0 Å².